The zero-order valence-electron chi connectivity index (χ0n) is 18.7. The van der Waals surface area contributed by atoms with Crippen LogP contribution in [0, 0.1) is 17.7 Å². The predicted molar refractivity (Wildman–Crippen MR) is 130 cm³/mol. The van der Waals surface area contributed by atoms with Crippen molar-refractivity contribution in [1.29, 1.82) is 0 Å². The average Bonchev–Trinajstić information content (AvgIpc) is 3.39. The zero-order chi connectivity index (χ0) is 23.1. The van der Waals surface area contributed by atoms with E-state index in [1.54, 1.807) is 19.1 Å². The number of carbonyl (C=O) groups excluding carboxylic acids is 1. The summed E-state index contributed by atoms with van der Waals surface area (Å²) in [5.41, 5.74) is 10.6. The summed E-state index contributed by atoms with van der Waals surface area (Å²) >= 11 is 6.08. The number of carbonyl (C=O) groups is 1. The molecule has 0 saturated carbocycles. The normalized spacial score (nSPS) is 22.2. The Hall–Kier alpha value is -3.05. The van der Waals surface area contributed by atoms with Gasteiger partial charge in [-0.25, -0.2) is 4.39 Å². The number of allylic oxidation sites excluding steroid dienone is 4. The molecule has 6 heteroatoms. The van der Waals surface area contributed by atoms with Crippen molar-refractivity contribution in [2.24, 2.45) is 11.8 Å². The zero-order valence-corrected chi connectivity index (χ0v) is 19.5. The van der Waals surface area contributed by atoms with Crippen molar-refractivity contribution < 1.29 is 9.18 Å². The topological polar surface area (TPSA) is 44.4 Å². The highest BCUT2D eigenvalue weighted by atomic mass is 35.5. The van der Waals surface area contributed by atoms with Crippen LogP contribution in [0.4, 0.5) is 10.1 Å². The highest BCUT2D eigenvalue weighted by molar-refractivity contribution is 6.30. The molecule has 3 aliphatic rings. The Bertz CT molecular complexity index is 1170. The Morgan fingerprint density at radius 2 is 1.94 bits per heavy atom. The van der Waals surface area contributed by atoms with E-state index >= 15 is 0 Å². The van der Waals surface area contributed by atoms with Crippen molar-refractivity contribution in [3.8, 4) is 0 Å². The van der Waals surface area contributed by atoms with Crippen LogP contribution in [-0.2, 0) is 4.79 Å². The fourth-order valence-electron chi connectivity index (χ4n) is 5.46. The maximum atomic E-state index is 13.4. The second kappa shape index (κ2) is 8.71. The molecule has 0 aromatic heterocycles. The molecule has 0 bridgehead atoms. The third-order valence-electron chi connectivity index (χ3n) is 6.96. The van der Waals surface area contributed by atoms with E-state index in [0.717, 1.165) is 36.2 Å². The number of rotatable bonds is 5. The summed E-state index contributed by atoms with van der Waals surface area (Å²) in [4.78, 5) is 12.0. The number of fused-ring (bicyclic) bond motifs is 1. The van der Waals surface area contributed by atoms with Gasteiger partial charge in [-0.15, -0.1) is 0 Å². The van der Waals surface area contributed by atoms with Crippen molar-refractivity contribution in [2.75, 3.05) is 5.01 Å². The fraction of sp³-hybridized carbons (Fsp3) is 0.296. The molecule has 0 radical (unpaired) electrons. The van der Waals surface area contributed by atoms with Crippen molar-refractivity contribution in [3.63, 3.8) is 0 Å². The molecule has 5 rings (SSSR count). The molecule has 2 N–H and O–H groups in total. The van der Waals surface area contributed by atoms with E-state index in [4.69, 9.17) is 11.6 Å². The SMILES string of the molecule is CC(=O)NC(C[C@H]1CCC2=C1[C@@H](C)C1=CNN(c3ccc(F)cc3)C1=C2)c1ccc(Cl)cc1. The number of hydrogen-bond acceptors (Lipinski definition) is 3. The molecule has 2 aliphatic carbocycles. The summed E-state index contributed by atoms with van der Waals surface area (Å²) in [7, 11) is 0. The summed E-state index contributed by atoms with van der Waals surface area (Å²) in [5.74, 6) is 0.392. The Balaban J connectivity index is 1.42. The lowest BCUT2D eigenvalue weighted by molar-refractivity contribution is -0.119. The standard InChI is InChI=1S/C27H27ClFN3O/c1-16-24-15-30-32(23-11-9-22(29)10-12-23)26(24)14-20-4-3-19(27(16)20)13-25(31-17(2)33)18-5-7-21(28)8-6-18/h5-12,14-16,19,25,30H,3-4,13H2,1-2H3,(H,31,33)/t16-,19+,25?/m0/s1. The predicted octanol–water partition coefficient (Wildman–Crippen LogP) is 6.20. The monoisotopic (exact) mass is 463 g/mol. The van der Waals surface area contributed by atoms with Gasteiger partial charge in [-0.3, -0.25) is 9.80 Å². The summed E-state index contributed by atoms with van der Waals surface area (Å²) < 4.78 is 13.4. The summed E-state index contributed by atoms with van der Waals surface area (Å²) in [5, 5.41) is 5.86. The van der Waals surface area contributed by atoms with E-state index in [9.17, 15) is 9.18 Å². The van der Waals surface area contributed by atoms with Gasteiger partial charge in [-0.2, -0.15) is 0 Å². The maximum absolute atomic E-state index is 13.4. The minimum Gasteiger partial charge on any atom is -0.350 e. The fourth-order valence-corrected chi connectivity index (χ4v) is 5.59. The Morgan fingerprint density at radius 1 is 1.21 bits per heavy atom. The summed E-state index contributed by atoms with van der Waals surface area (Å²) in [6, 6.07) is 14.2. The van der Waals surface area contributed by atoms with Crippen LogP contribution in [0.2, 0.25) is 5.02 Å². The van der Waals surface area contributed by atoms with Crippen LogP contribution >= 0.6 is 11.6 Å². The van der Waals surface area contributed by atoms with Gasteiger partial charge in [0.05, 0.1) is 17.4 Å². The Morgan fingerprint density at radius 3 is 2.64 bits per heavy atom. The van der Waals surface area contributed by atoms with Crippen molar-refractivity contribution >= 4 is 23.2 Å². The van der Waals surface area contributed by atoms with E-state index in [0.29, 0.717) is 10.9 Å². The number of hydrogen-bond donors (Lipinski definition) is 2. The second-order valence-electron chi connectivity index (χ2n) is 9.05. The number of hydrazine groups is 1. The minimum absolute atomic E-state index is 0.0290. The van der Waals surface area contributed by atoms with Crippen LogP contribution in [0.15, 0.2) is 83.2 Å². The molecule has 1 aliphatic heterocycles. The number of nitrogens with zero attached hydrogens (tertiary/aromatic N) is 1. The molecule has 33 heavy (non-hydrogen) atoms. The number of amides is 1. The van der Waals surface area contributed by atoms with E-state index in [1.807, 2.05) is 29.3 Å². The van der Waals surface area contributed by atoms with Crippen molar-refractivity contribution in [3.05, 3.63) is 99.6 Å². The summed E-state index contributed by atoms with van der Waals surface area (Å²) in [6.45, 7) is 3.83. The number of halogens is 2. The quantitative estimate of drug-likeness (QED) is 0.555. The first-order valence-corrected chi connectivity index (χ1v) is 11.8. The molecule has 4 nitrogen and oxygen atoms in total. The molecule has 2 aromatic rings. The highest BCUT2D eigenvalue weighted by Gasteiger charge is 2.38. The molecule has 0 fully saturated rings. The Kier molecular flexibility index (Phi) is 5.75. The first-order valence-electron chi connectivity index (χ1n) is 11.4. The van der Waals surface area contributed by atoms with Crippen LogP contribution in [0.25, 0.3) is 0 Å². The van der Waals surface area contributed by atoms with Gasteiger partial charge in [0.15, 0.2) is 0 Å². The van der Waals surface area contributed by atoms with Gasteiger partial charge in [-0.1, -0.05) is 36.2 Å². The first kappa shape index (κ1) is 21.8. The van der Waals surface area contributed by atoms with Gasteiger partial charge in [0.2, 0.25) is 5.91 Å². The van der Waals surface area contributed by atoms with Crippen molar-refractivity contribution in [2.45, 2.75) is 39.2 Å². The van der Waals surface area contributed by atoms with Crippen LogP contribution in [0.3, 0.4) is 0 Å². The lowest BCUT2D eigenvalue weighted by atomic mass is 9.78. The third-order valence-corrected chi connectivity index (χ3v) is 7.21. The van der Waals surface area contributed by atoms with E-state index in [-0.39, 0.29) is 23.7 Å². The smallest absolute Gasteiger partial charge is 0.217 e. The lowest BCUT2D eigenvalue weighted by Gasteiger charge is -2.31. The Labute approximate surface area is 198 Å². The van der Waals surface area contributed by atoms with Crippen LogP contribution in [0.1, 0.15) is 44.7 Å². The largest absolute Gasteiger partial charge is 0.350 e. The van der Waals surface area contributed by atoms with Gasteiger partial charge in [0, 0.05) is 29.6 Å². The first-order chi connectivity index (χ1) is 15.9. The molecule has 0 saturated heterocycles. The minimum atomic E-state index is -0.241. The highest BCUT2D eigenvalue weighted by Crippen LogP contribution is 2.49. The average molecular weight is 464 g/mol. The van der Waals surface area contributed by atoms with Gasteiger partial charge in [-0.05, 0) is 78.8 Å². The molecule has 1 unspecified atom stereocenters. The summed E-state index contributed by atoms with van der Waals surface area (Å²) in [6.07, 6.45) is 7.28. The maximum Gasteiger partial charge on any atom is 0.217 e. The molecule has 1 heterocycles. The lowest BCUT2D eigenvalue weighted by Crippen LogP contribution is -2.30. The third kappa shape index (κ3) is 4.18. The van der Waals surface area contributed by atoms with Gasteiger partial charge >= 0.3 is 0 Å². The van der Waals surface area contributed by atoms with Crippen LogP contribution < -0.4 is 15.8 Å². The van der Waals surface area contributed by atoms with Crippen molar-refractivity contribution in [1.82, 2.24) is 10.7 Å². The van der Waals surface area contributed by atoms with Gasteiger partial charge in [0.1, 0.15) is 5.82 Å². The molecular weight excluding hydrogens is 437 g/mol. The number of nitrogens with one attached hydrogen (secondary N) is 2. The van der Waals surface area contributed by atoms with Crippen LogP contribution in [-0.4, -0.2) is 5.91 Å². The molecule has 2 aromatic carbocycles. The molecule has 3 atom stereocenters. The van der Waals surface area contributed by atoms with E-state index in [2.05, 4.69) is 29.9 Å². The van der Waals surface area contributed by atoms with Gasteiger partial charge in [0.25, 0.3) is 0 Å². The second-order valence-corrected chi connectivity index (χ2v) is 9.48. The molecule has 0 spiro atoms. The van der Waals surface area contributed by atoms with Gasteiger partial charge < -0.3 is 10.7 Å². The van der Waals surface area contributed by atoms with Crippen LogP contribution in [0.5, 0.6) is 0 Å². The number of benzene rings is 2. The molecule has 1 amide bonds. The molecular formula is C27H27ClFN3O. The molecule has 170 valence electrons. The van der Waals surface area contributed by atoms with E-state index in [1.165, 1.54) is 28.9 Å². The number of anilines is 1. The van der Waals surface area contributed by atoms with E-state index < -0.39 is 0 Å².